The van der Waals surface area contributed by atoms with Crippen molar-refractivity contribution in [1.82, 2.24) is 0 Å². The minimum Gasteiger partial charge on any atom is -0.459 e. The predicted molar refractivity (Wildman–Crippen MR) is 92.6 cm³/mol. The van der Waals surface area contributed by atoms with Gasteiger partial charge in [-0.25, -0.2) is 0 Å². The van der Waals surface area contributed by atoms with Crippen LogP contribution >= 0.6 is 0 Å². The molecule has 1 saturated carbocycles. The lowest BCUT2D eigenvalue weighted by molar-refractivity contribution is -0.184. The van der Waals surface area contributed by atoms with Gasteiger partial charge in [-0.3, -0.25) is 9.59 Å². The maximum absolute atomic E-state index is 13.1. The van der Waals surface area contributed by atoms with Crippen molar-refractivity contribution in [2.75, 3.05) is 6.61 Å². The van der Waals surface area contributed by atoms with E-state index in [4.69, 9.17) is 9.47 Å². The first-order chi connectivity index (χ1) is 11.3. The largest absolute Gasteiger partial charge is 0.459 e. The summed E-state index contributed by atoms with van der Waals surface area (Å²) in [6.07, 6.45) is 1.90. The molecule has 0 spiro atoms. The molecule has 2 atom stereocenters. The van der Waals surface area contributed by atoms with E-state index < -0.39 is 23.1 Å². The van der Waals surface area contributed by atoms with Gasteiger partial charge < -0.3 is 9.47 Å². The molecule has 1 fully saturated rings. The van der Waals surface area contributed by atoms with E-state index in [9.17, 15) is 9.59 Å². The molecule has 0 aromatic heterocycles. The number of carbonyl (C=O) groups is 2. The van der Waals surface area contributed by atoms with Gasteiger partial charge in [-0.2, -0.15) is 0 Å². The topological polar surface area (TPSA) is 52.6 Å². The molecule has 4 nitrogen and oxygen atoms in total. The number of benzene rings is 1. The van der Waals surface area contributed by atoms with Gasteiger partial charge in [0.05, 0.1) is 0 Å². The summed E-state index contributed by atoms with van der Waals surface area (Å²) < 4.78 is 11.6. The number of Topliss-reactive ketones (excluding diaryl/α,β-unsaturated/α-hetero) is 1. The van der Waals surface area contributed by atoms with E-state index in [0.29, 0.717) is 19.4 Å². The standard InChI is InChI=1S/C20H28O4/c1-5-23-17(15-11-7-6-8-12-15)20(14-10-9-13-16(20)21)18(22)24-19(2,3)4/h6-8,11-12,17H,5,9-10,13-14H2,1-4H3/t17-,20-/m0/s1. The fourth-order valence-corrected chi connectivity index (χ4v) is 3.34. The van der Waals surface area contributed by atoms with E-state index in [1.54, 1.807) is 0 Å². The Balaban J connectivity index is 2.50. The van der Waals surface area contributed by atoms with E-state index >= 15 is 0 Å². The third-order valence-corrected chi connectivity index (χ3v) is 4.37. The minimum atomic E-state index is -1.25. The summed E-state index contributed by atoms with van der Waals surface area (Å²) in [5, 5.41) is 0. The van der Waals surface area contributed by atoms with Crippen molar-refractivity contribution in [1.29, 1.82) is 0 Å². The van der Waals surface area contributed by atoms with Crippen LogP contribution < -0.4 is 0 Å². The van der Waals surface area contributed by atoms with Crippen LogP contribution in [0.4, 0.5) is 0 Å². The molecule has 0 aliphatic heterocycles. The summed E-state index contributed by atoms with van der Waals surface area (Å²) in [7, 11) is 0. The molecule has 1 aromatic carbocycles. The van der Waals surface area contributed by atoms with E-state index in [1.807, 2.05) is 58.0 Å². The second-order valence-corrected chi connectivity index (χ2v) is 7.35. The van der Waals surface area contributed by atoms with Crippen molar-refractivity contribution in [3.8, 4) is 0 Å². The second-order valence-electron chi connectivity index (χ2n) is 7.35. The van der Waals surface area contributed by atoms with Gasteiger partial charge in [-0.05, 0) is 46.1 Å². The van der Waals surface area contributed by atoms with Gasteiger partial charge >= 0.3 is 5.97 Å². The van der Waals surface area contributed by atoms with Gasteiger partial charge in [0.25, 0.3) is 0 Å². The first kappa shape index (κ1) is 18.7. The number of esters is 1. The summed E-state index contributed by atoms with van der Waals surface area (Å²) in [4.78, 5) is 26.1. The molecule has 2 rings (SSSR count). The van der Waals surface area contributed by atoms with Crippen molar-refractivity contribution < 1.29 is 19.1 Å². The van der Waals surface area contributed by atoms with Crippen molar-refractivity contribution in [3.05, 3.63) is 35.9 Å². The highest BCUT2D eigenvalue weighted by molar-refractivity contribution is 6.05. The van der Waals surface area contributed by atoms with Crippen molar-refractivity contribution in [2.24, 2.45) is 5.41 Å². The van der Waals surface area contributed by atoms with Gasteiger partial charge in [0.15, 0.2) is 11.2 Å². The molecule has 0 radical (unpaired) electrons. The van der Waals surface area contributed by atoms with Crippen molar-refractivity contribution in [3.63, 3.8) is 0 Å². The monoisotopic (exact) mass is 332 g/mol. The summed E-state index contributed by atoms with van der Waals surface area (Å²) in [6.45, 7) is 7.78. The molecule has 1 aromatic rings. The predicted octanol–water partition coefficient (Wildman–Crippen LogP) is 4.24. The number of rotatable bonds is 5. The minimum absolute atomic E-state index is 0.0645. The summed E-state index contributed by atoms with van der Waals surface area (Å²) in [5.74, 6) is -0.521. The molecule has 0 saturated heterocycles. The zero-order valence-corrected chi connectivity index (χ0v) is 15.1. The molecule has 0 heterocycles. The van der Waals surface area contributed by atoms with Crippen LogP contribution in [-0.4, -0.2) is 24.0 Å². The smallest absolute Gasteiger partial charge is 0.323 e. The molecule has 1 aliphatic rings. The Kier molecular flexibility index (Phi) is 5.81. The van der Waals surface area contributed by atoms with Crippen LogP contribution in [0.3, 0.4) is 0 Å². The normalized spacial score (nSPS) is 22.9. The van der Waals surface area contributed by atoms with Gasteiger partial charge in [0.2, 0.25) is 0 Å². The first-order valence-corrected chi connectivity index (χ1v) is 8.74. The Bertz CT molecular complexity index is 573. The highest BCUT2D eigenvalue weighted by Crippen LogP contribution is 2.47. The van der Waals surface area contributed by atoms with Gasteiger partial charge in [-0.1, -0.05) is 36.8 Å². The van der Waals surface area contributed by atoms with Gasteiger partial charge in [0, 0.05) is 13.0 Å². The first-order valence-electron chi connectivity index (χ1n) is 8.74. The Morgan fingerprint density at radius 1 is 1.21 bits per heavy atom. The zero-order valence-electron chi connectivity index (χ0n) is 15.1. The average Bonchev–Trinajstić information content (AvgIpc) is 2.53. The lowest BCUT2D eigenvalue weighted by Crippen LogP contribution is -2.50. The maximum atomic E-state index is 13.1. The number of hydrogen-bond donors (Lipinski definition) is 0. The number of hydrogen-bond acceptors (Lipinski definition) is 4. The fourth-order valence-electron chi connectivity index (χ4n) is 3.34. The molecular formula is C20H28O4. The number of carbonyl (C=O) groups excluding carboxylic acids is 2. The summed E-state index contributed by atoms with van der Waals surface area (Å²) in [6, 6.07) is 9.53. The van der Waals surface area contributed by atoms with E-state index in [1.165, 1.54) is 0 Å². The molecule has 0 bridgehead atoms. The quantitative estimate of drug-likeness (QED) is 0.598. The number of ketones is 1. The van der Waals surface area contributed by atoms with Crippen LogP contribution in [0.1, 0.15) is 65.0 Å². The molecule has 4 heteroatoms. The Hall–Kier alpha value is -1.68. The summed E-state index contributed by atoms with van der Waals surface area (Å²) in [5.41, 5.74) is -1.04. The van der Waals surface area contributed by atoms with Crippen molar-refractivity contribution in [2.45, 2.75) is 65.1 Å². The third-order valence-electron chi connectivity index (χ3n) is 4.37. The Morgan fingerprint density at radius 3 is 2.42 bits per heavy atom. The van der Waals surface area contributed by atoms with Crippen LogP contribution in [-0.2, 0) is 19.1 Å². The maximum Gasteiger partial charge on any atom is 0.323 e. The van der Waals surface area contributed by atoms with Crippen LogP contribution in [0.5, 0.6) is 0 Å². The van der Waals surface area contributed by atoms with Crippen molar-refractivity contribution >= 4 is 11.8 Å². The van der Waals surface area contributed by atoms with Gasteiger partial charge in [-0.15, -0.1) is 0 Å². The lowest BCUT2D eigenvalue weighted by atomic mass is 9.67. The molecule has 0 unspecified atom stereocenters. The van der Waals surface area contributed by atoms with Crippen LogP contribution in [0, 0.1) is 5.41 Å². The molecule has 24 heavy (non-hydrogen) atoms. The SMILES string of the molecule is CCO[C@@H](c1ccccc1)[C@]1(C(=O)OC(C)(C)C)CCCCC1=O. The molecular weight excluding hydrogens is 304 g/mol. The van der Waals surface area contributed by atoms with Crippen LogP contribution in [0.25, 0.3) is 0 Å². The Morgan fingerprint density at radius 2 is 1.88 bits per heavy atom. The van der Waals surface area contributed by atoms with E-state index in [0.717, 1.165) is 18.4 Å². The molecule has 132 valence electrons. The highest BCUT2D eigenvalue weighted by Gasteiger charge is 2.55. The van der Waals surface area contributed by atoms with Gasteiger partial charge in [0.1, 0.15) is 11.7 Å². The molecule has 1 aliphatic carbocycles. The molecule has 0 amide bonds. The molecule has 0 N–H and O–H groups in total. The fraction of sp³-hybridized carbons (Fsp3) is 0.600. The van der Waals surface area contributed by atoms with E-state index in [2.05, 4.69) is 0 Å². The lowest BCUT2D eigenvalue weighted by Gasteiger charge is -2.41. The van der Waals surface area contributed by atoms with Crippen LogP contribution in [0.2, 0.25) is 0 Å². The zero-order chi connectivity index (χ0) is 17.8. The second kappa shape index (κ2) is 7.47. The average molecular weight is 332 g/mol. The Labute approximate surface area is 144 Å². The highest BCUT2D eigenvalue weighted by atomic mass is 16.6. The third kappa shape index (κ3) is 3.86. The van der Waals surface area contributed by atoms with Crippen LogP contribution in [0.15, 0.2) is 30.3 Å². The number of ether oxygens (including phenoxy) is 2. The summed E-state index contributed by atoms with van der Waals surface area (Å²) >= 11 is 0. The van der Waals surface area contributed by atoms with E-state index in [-0.39, 0.29) is 5.78 Å².